The zero-order valence-electron chi connectivity index (χ0n) is 16.5. The fourth-order valence-electron chi connectivity index (χ4n) is 2.99. The van der Waals surface area contributed by atoms with Gasteiger partial charge in [-0.1, -0.05) is 0 Å². The lowest BCUT2D eigenvalue weighted by atomic mass is 10.2. The van der Waals surface area contributed by atoms with Crippen LogP contribution in [-0.4, -0.2) is 47.6 Å². The molecule has 3 rings (SSSR count). The van der Waals surface area contributed by atoms with Gasteiger partial charge in [0.25, 0.3) is 0 Å². The predicted octanol–water partition coefficient (Wildman–Crippen LogP) is 2.23. The number of amides is 1. The molecule has 0 aromatic heterocycles. The van der Waals surface area contributed by atoms with Crippen molar-refractivity contribution in [3.63, 3.8) is 0 Å². The summed E-state index contributed by atoms with van der Waals surface area (Å²) < 4.78 is 46.9. The lowest BCUT2D eigenvalue weighted by Gasteiger charge is -2.28. The molecule has 0 saturated heterocycles. The van der Waals surface area contributed by atoms with E-state index < -0.39 is 22.0 Å². The summed E-state index contributed by atoms with van der Waals surface area (Å²) in [4.78, 5) is 12.8. The van der Waals surface area contributed by atoms with E-state index in [4.69, 9.17) is 18.9 Å². The minimum absolute atomic E-state index is 0.115. The number of fused-ring (bicyclic) bond motifs is 1. The van der Waals surface area contributed by atoms with Gasteiger partial charge in [0, 0.05) is 17.8 Å². The average molecular weight is 422 g/mol. The van der Waals surface area contributed by atoms with Crippen molar-refractivity contribution in [3.8, 4) is 23.0 Å². The smallest absolute Gasteiger partial charge is 0.247 e. The predicted molar refractivity (Wildman–Crippen MR) is 108 cm³/mol. The van der Waals surface area contributed by atoms with Crippen LogP contribution in [0.4, 0.5) is 11.4 Å². The Kier molecular flexibility index (Phi) is 5.73. The number of carbonyl (C=O) groups is 1. The lowest BCUT2D eigenvalue weighted by molar-refractivity contribution is -0.116. The van der Waals surface area contributed by atoms with Gasteiger partial charge in [-0.15, -0.1) is 0 Å². The Morgan fingerprint density at radius 3 is 2.41 bits per heavy atom. The van der Waals surface area contributed by atoms with E-state index in [1.807, 2.05) is 0 Å². The zero-order chi connectivity index (χ0) is 21.2. The van der Waals surface area contributed by atoms with Gasteiger partial charge in [0.15, 0.2) is 23.0 Å². The van der Waals surface area contributed by atoms with Crippen LogP contribution in [0.5, 0.6) is 23.0 Å². The highest BCUT2D eigenvalue weighted by atomic mass is 32.2. The highest BCUT2D eigenvalue weighted by molar-refractivity contribution is 7.92. The Bertz CT molecular complexity index is 1020. The Morgan fingerprint density at radius 2 is 1.76 bits per heavy atom. The summed E-state index contributed by atoms with van der Waals surface area (Å²) >= 11 is 0. The van der Waals surface area contributed by atoms with Gasteiger partial charge in [0.1, 0.15) is 6.04 Å². The van der Waals surface area contributed by atoms with Crippen LogP contribution in [0.3, 0.4) is 0 Å². The van der Waals surface area contributed by atoms with Crippen molar-refractivity contribution in [2.75, 3.05) is 36.9 Å². The van der Waals surface area contributed by atoms with E-state index in [1.165, 1.54) is 27.2 Å². The molecule has 1 atom stereocenters. The second kappa shape index (κ2) is 8.08. The van der Waals surface area contributed by atoms with Crippen LogP contribution in [-0.2, 0) is 14.8 Å². The molecule has 0 spiro atoms. The number of benzene rings is 2. The van der Waals surface area contributed by atoms with Gasteiger partial charge in [-0.3, -0.25) is 9.10 Å². The third-order valence-corrected chi connectivity index (χ3v) is 5.59. The molecule has 0 saturated carbocycles. The number of nitrogens with zero attached hydrogens (tertiary/aromatic N) is 1. The first kappa shape index (κ1) is 20.6. The first-order valence-corrected chi connectivity index (χ1v) is 10.5. The number of ether oxygens (including phenoxy) is 4. The minimum atomic E-state index is -3.78. The molecule has 0 fully saturated rings. The third kappa shape index (κ3) is 4.32. The molecule has 2 aromatic rings. The van der Waals surface area contributed by atoms with Gasteiger partial charge in [-0.25, -0.2) is 8.42 Å². The first-order chi connectivity index (χ1) is 13.7. The summed E-state index contributed by atoms with van der Waals surface area (Å²) in [7, 11) is -0.851. The molecule has 1 unspecified atom stereocenters. The summed E-state index contributed by atoms with van der Waals surface area (Å²) in [5.74, 6) is 1.38. The van der Waals surface area contributed by atoms with Gasteiger partial charge in [-0.2, -0.15) is 0 Å². The molecule has 1 heterocycles. The Labute approximate surface area is 169 Å². The molecule has 9 nitrogen and oxygen atoms in total. The maximum atomic E-state index is 12.8. The van der Waals surface area contributed by atoms with Crippen molar-refractivity contribution in [2.45, 2.75) is 13.0 Å². The molecular weight excluding hydrogens is 400 g/mol. The minimum Gasteiger partial charge on any atom is -0.493 e. The van der Waals surface area contributed by atoms with Gasteiger partial charge in [0.05, 0.1) is 26.2 Å². The molecule has 0 bridgehead atoms. The van der Waals surface area contributed by atoms with E-state index >= 15 is 0 Å². The van der Waals surface area contributed by atoms with Crippen LogP contribution in [0.25, 0.3) is 0 Å². The summed E-state index contributed by atoms with van der Waals surface area (Å²) in [6, 6.07) is 8.54. The molecular formula is C19H22N2O7S. The SMILES string of the molecule is COc1ccc(N(C(C)C(=O)Nc2ccc3c(c2)OCO3)S(C)(=O)=O)cc1OC. The van der Waals surface area contributed by atoms with E-state index in [1.54, 1.807) is 30.3 Å². The maximum Gasteiger partial charge on any atom is 0.247 e. The molecule has 2 aromatic carbocycles. The van der Waals surface area contributed by atoms with Crippen LogP contribution in [0.15, 0.2) is 36.4 Å². The molecule has 29 heavy (non-hydrogen) atoms. The van der Waals surface area contributed by atoms with Crippen molar-refractivity contribution in [1.82, 2.24) is 0 Å². The monoisotopic (exact) mass is 422 g/mol. The molecule has 10 heteroatoms. The third-order valence-electron chi connectivity index (χ3n) is 4.35. The van der Waals surface area contributed by atoms with Crippen molar-refractivity contribution in [2.24, 2.45) is 0 Å². The topological polar surface area (TPSA) is 103 Å². The van der Waals surface area contributed by atoms with Crippen molar-refractivity contribution >= 4 is 27.3 Å². The van der Waals surface area contributed by atoms with E-state index in [9.17, 15) is 13.2 Å². The second-order valence-corrected chi connectivity index (χ2v) is 8.19. The zero-order valence-corrected chi connectivity index (χ0v) is 17.3. The quantitative estimate of drug-likeness (QED) is 0.730. The normalized spacial score (nSPS) is 13.5. The average Bonchev–Trinajstić information content (AvgIpc) is 3.14. The van der Waals surface area contributed by atoms with Crippen LogP contribution >= 0.6 is 0 Å². The highest BCUT2D eigenvalue weighted by Gasteiger charge is 2.30. The van der Waals surface area contributed by atoms with Crippen molar-refractivity contribution < 1.29 is 32.2 Å². The number of hydrogen-bond donors (Lipinski definition) is 1. The van der Waals surface area contributed by atoms with Gasteiger partial charge in [0.2, 0.25) is 22.7 Å². The van der Waals surface area contributed by atoms with E-state index in [2.05, 4.69) is 5.32 Å². The molecule has 156 valence electrons. The fraction of sp³-hybridized carbons (Fsp3) is 0.316. The molecule has 0 aliphatic carbocycles. The highest BCUT2D eigenvalue weighted by Crippen LogP contribution is 2.35. The summed E-state index contributed by atoms with van der Waals surface area (Å²) in [5.41, 5.74) is 0.741. The summed E-state index contributed by atoms with van der Waals surface area (Å²) in [6.45, 7) is 1.62. The molecule has 0 radical (unpaired) electrons. The van der Waals surface area contributed by atoms with E-state index in [0.717, 1.165) is 10.6 Å². The Hall–Kier alpha value is -3.14. The Balaban J connectivity index is 1.88. The number of rotatable bonds is 7. The number of methoxy groups -OCH3 is 2. The standard InChI is InChI=1S/C19H22N2O7S/c1-12(19(22)20-13-5-7-16-18(9-13)28-11-27-16)21(29(4,23)24)14-6-8-15(25-2)17(10-14)26-3/h5-10,12H,11H2,1-4H3,(H,20,22). The van der Waals surface area contributed by atoms with Crippen LogP contribution in [0.1, 0.15) is 6.92 Å². The summed E-state index contributed by atoms with van der Waals surface area (Å²) in [5, 5.41) is 2.71. The van der Waals surface area contributed by atoms with Gasteiger partial charge < -0.3 is 24.3 Å². The van der Waals surface area contributed by atoms with Crippen molar-refractivity contribution in [1.29, 1.82) is 0 Å². The van der Waals surface area contributed by atoms with E-state index in [0.29, 0.717) is 28.7 Å². The van der Waals surface area contributed by atoms with Crippen LogP contribution < -0.4 is 28.6 Å². The number of hydrogen-bond acceptors (Lipinski definition) is 7. The Morgan fingerprint density at radius 1 is 1.07 bits per heavy atom. The molecule has 1 aliphatic heterocycles. The first-order valence-electron chi connectivity index (χ1n) is 8.66. The lowest BCUT2D eigenvalue weighted by Crippen LogP contribution is -2.45. The van der Waals surface area contributed by atoms with Crippen LogP contribution in [0.2, 0.25) is 0 Å². The van der Waals surface area contributed by atoms with E-state index in [-0.39, 0.29) is 12.5 Å². The maximum absolute atomic E-state index is 12.8. The van der Waals surface area contributed by atoms with Crippen molar-refractivity contribution in [3.05, 3.63) is 36.4 Å². The number of carbonyl (C=O) groups excluding carboxylic acids is 1. The van der Waals surface area contributed by atoms with Crippen LogP contribution in [0, 0.1) is 0 Å². The molecule has 1 aliphatic rings. The summed E-state index contributed by atoms with van der Waals surface area (Å²) in [6.07, 6.45) is 1.04. The largest absolute Gasteiger partial charge is 0.493 e. The van der Waals surface area contributed by atoms with Gasteiger partial charge >= 0.3 is 0 Å². The second-order valence-electron chi connectivity index (χ2n) is 6.33. The number of sulfonamides is 1. The number of nitrogens with one attached hydrogen (secondary N) is 1. The molecule has 1 amide bonds. The fourth-order valence-corrected chi connectivity index (χ4v) is 4.16. The molecule has 1 N–H and O–H groups in total. The number of anilines is 2. The van der Waals surface area contributed by atoms with Gasteiger partial charge in [-0.05, 0) is 31.2 Å².